The first kappa shape index (κ1) is 13.6. The van der Waals surface area contributed by atoms with Gasteiger partial charge in [-0.3, -0.25) is 9.59 Å². The first-order valence-electron chi connectivity index (χ1n) is 7.19. The number of aliphatic carboxylic acids is 1. The molecule has 2 aliphatic rings. The van der Waals surface area contributed by atoms with Crippen LogP contribution in [0.5, 0.6) is 0 Å². The minimum Gasteiger partial charge on any atom is -0.481 e. The van der Waals surface area contributed by atoms with Crippen LogP contribution in [0.15, 0.2) is 5.38 Å². The van der Waals surface area contributed by atoms with Gasteiger partial charge in [-0.2, -0.15) is 0 Å². The van der Waals surface area contributed by atoms with E-state index >= 15 is 0 Å². The Bertz CT molecular complexity index is 551. The molecule has 1 N–H and O–H groups in total. The molecule has 2 atom stereocenters. The molecule has 0 bridgehead atoms. The van der Waals surface area contributed by atoms with Crippen molar-refractivity contribution < 1.29 is 14.7 Å². The molecule has 1 aliphatic heterocycles. The number of likely N-dealkylation sites (tertiary alicyclic amines) is 1. The van der Waals surface area contributed by atoms with E-state index in [9.17, 15) is 9.59 Å². The molecule has 20 heavy (non-hydrogen) atoms. The third-order valence-corrected chi connectivity index (χ3v) is 5.60. The number of carboxylic acid groups (broad SMARTS) is 1. The maximum absolute atomic E-state index is 12.6. The zero-order valence-corrected chi connectivity index (χ0v) is 12.4. The smallest absolute Gasteiger partial charge is 0.308 e. The molecule has 0 saturated carbocycles. The third kappa shape index (κ3) is 2.24. The van der Waals surface area contributed by atoms with Gasteiger partial charge in [0.25, 0.3) is 5.91 Å². The molecule has 1 aromatic heterocycles. The van der Waals surface area contributed by atoms with Crippen LogP contribution in [0.3, 0.4) is 0 Å². The molecule has 0 aromatic carbocycles. The molecular formula is C15H19NO3S. The fraction of sp³-hybridized carbons (Fsp3) is 0.600. The first-order chi connectivity index (χ1) is 9.58. The number of nitrogens with zero attached hydrogens (tertiary/aromatic N) is 1. The number of carboxylic acids is 1. The van der Waals surface area contributed by atoms with E-state index in [1.807, 2.05) is 12.3 Å². The Labute approximate surface area is 122 Å². The van der Waals surface area contributed by atoms with Gasteiger partial charge in [-0.25, -0.2) is 0 Å². The molecule has 1 aliphatic carbocycles. The standard InChI is InChI=1S/C15H19NO3S/c1-9-6-16(7-11(9)15(18)19)14(17)12-8-20-13-5-3-2-4-10(12)13/h8-9,11H,2-7H2,1H3,(H,18,19). The zero-order valence-electron chi connectivity index (χ0n) is 11.6. The van der Waals surface area contributed by atoms with Crippen molar-refractivity contribution in [2.45, 2.75) is 32.6 Å². The molecule has 2 heterocycles. The van der Waals surface area contributed by atoms with Crippen LogP contribution >= 0.6 is 11.3 Å². The Balaban J connectivity index is 1.80. The Morgan fingerprint density at radius 3 is 2.75 bits per heavy atom. The Morgan fingerprint density at radius 2 is 2.05 bits per heavy atom. The van der Waals surface area contributed by atoms with Crippen LogP contribution < -0.4 is 0 Å². The van der Waals surface area contributed by atoms with Gasteiger partial charge < -0.3 is 10.0 Å². The maximum atomic E-state index is 12.6. The molecule has 0 spiro atoms. The van der Waals surface area contributed by atoms with E-state index in [2.05, 4.69) is 0 Å². The van der Waals surface area contributed by atoms with E-state index < -0.39 is 11.9 Å². The van der Waals surface area contributed by atoms with Crippen molar-refractivity contribution in [1.29, 1.82) is 0 Å². The van der Waals surface area contributed by atoms with Crippen molar-refractivity contribution in [2.75, 3.05) is 13.1 Å². The number of hydrogen-bond acceptors (Lipinski definition) is 3. The lowest BCUT2D eigenvalue weighted by Crippen LogP contribution is -2.30. The van der Waals surface area contributed by atoms with E-state index in [1.165, 1.54) is 16.9 Å². The molecule has 1 fully saturated rings. The highest BCUT2D eigenvalue weighted by molar-refractivity contribution is 7.10. The molecule has 1 saturated heterocycles. The van der Waals surface area contributed by atoms with Gasteiger partial charge in [0.2, 0.25) is 0 Å². The van der Waals surface area contributed by atoms with Crippen LogP contribution in [0.2, 0.25) is 0 Å². The second-order valence-electron chi connectivity index (χ2n) is 5.89. The van der Waals surface area contributed by atoms with Crippen LogP contribution in [0.4, 0.5) is 0 Å². The highest BCUT2D eigenvalue weighted by Crippen LogP contribution is 2.32. The molecule has 4 nitrogen and oxygen atoms in total. The van der Waals surface area contributed by atoms with E-state index in [4.69, 9.17) is 5.11 Å². The number of hydrogen-bond donors (Lipinski definition) is 1. The lowest BCUT2D eigenvalue weighted by atomic mass is 9.95. The van der Waals surface area contributed by atoms with Crippen LogP contribution in [0.25, 0.3) is 0 Å². The van der Waals surface area contributed by atoms with Crippen molar-refractivity contribution in [3.8, 4) is 0 Å². The fourth-order valence-corrected chi connectivity index (χ4v) is 4.42. The Kier molecular flexibility index (Phi) is 3.54. The number of carbonyl (C=O) groups is 2. The molecule has 1 amide bonds. The minimum atomic E-state index is -0.792. The van der Waals surface area contributed by atoms with Gasteiger partial charge in [0.1, 0.15) is 0 Å². The monoisotopic (exact) mass is 293 g/mol. The lowest BCUT2D eigenvalue weighted by molar-refractivity contribution is -0.142. The molecule has 2 unspecified atom stereocenters. The average molecular weight is 293 g/mol. The normalized spacial score (nSPS) is 25.6. The molecule has 0 radical (unpaired) electrons. The van der Waals surface area contributed by atoms with Crippen molar-refractivity contribution in [3.05, 3.63) is 21.4 Å². The maximum Gasteiger partial charge on any atom is 0.308 e. The van der Waals surface area contributed by atoms with Gasteiger partial charge in [0, 0.05) is 23.3 Å². The number of amides is 1. The topological polar surface area (TPSA) is 57.6 Å². The quantitative estimate of drug-likeness (QED) is 0.911. The van der Waals surface area contributed by atoms with Crippen LogP contribution in [-0.2, 0) is 17.6 Å². The van der Waals surface area contributed by atoms with Gasteiger partial charge in [-0.1, -0.05) is 6.92 Å². The number of aryl methyl sites for hydroxylation is 1. The first-order valence-corrected chi connectivity index (χ1v) is 8.07. The molecular weight excluding hydrogens is 274 g/mol. The second-order valence-corrected chi connectivity index (χ2v) is 6.85. The summed E-state index contributed by atoms with van der Waals surface area (Å²) < 4.78 is 0. The van der Waals surface area contributed by atoms with E-state index in [1.54, 1.807) is 16.2 Å². The number of fused-ring (bicyclic) bond motifs is 1. The molecule has 108 valence electrons. The van der Waals surface area contributed by atoms with Gasteiger partial charge in [-0.05, 0) is 37.2 Å². The van der Waals surface area contributed by atoms with Crippen LogP contribution in [0.1, 0.15) is 40.6 Å². The van der Waals surface area contributed by atoms with Crippen LogP contribution in [-0.4, -0.2) is 35.0 Å². The van der Waals surface area contributed by atoms with Crippen LogP contribution in [0, 0.1) is 11.8 Å². The third-order valence-electron chi connectivity index (χ3n) is 4.51. The fourth-order valence-electron chi connectivity index (χ4n) is 3.30. The summed E-state index contributed by atoms with van der Waals surface area (Å²) in [5, 5.41) is 11.1. The highest BCUT2D eigenvalue weighted by atomic mass is 32.1. The summed E-state index contributed by atoms with van der Waals surface area (Å²) in [6.07, 6.45) is 4.44. The van der Waals surface area contributed by atoms with Crippen molar-refractivity contribution >= 4 is 23.2 Å². The lowest BCUT2D eigenvalue weighted by Gasteiger charge is -2.18. The molecule has 3 rings (SSSR count). The Hall–Kier alpha value is -1.36. The largest absolute Gasteiger partial charge is 0.481 e. The average Bonchev–Trinajstić information content (AvgIpc) is 3.01. The predicted molar refractivity (Wildman–Crippen MR) is 77.2 cm³/mol. The SMILES string of the molecule is CC1CN(C(=O)c2csc3c2CCCC3)CC1C(=O)O. The summed E-state index contributed by atoms with van der Waals surface area (Å²) in [5.74, 6) is -1.15. The zero-order chi connectivity index (χ0) is 14.3. The summed E-state index contributed by atoms with van der Waals surface area (Å²) in [4.78, 5) is 26.9. The van der Waals surface area contributed by atoms with E-state index in [0.29, 0.717) is 13.1 Å². The number of rotatable bonds is 2. The van der Waals surface area contributed by atoms with E-state index in [-0.39, 0.29) is 11.8 Å². The summed E-state index contributed by atoms with van der Waals surface area (Å²) in [6, 6.07) is 0. The molecule has 5 heteroatoms. The summed E-state index contributed by atoms with van der Waals surface area (Å²) in [6.45, 7) is 2.82. The summed E-state index contributed by atoms with van der Waals surface area (Å²) in [5.41, 5.74) is 2.04. The van der Waals surface area contributed by atoms with Crippen molar-refractivity contribution in [1.82, 2.24) is 4.90 Å². The van der Waals surface area contributed by atoms with Gasteiger partial charge in [0.05, 0.1) is 11.5 Å². The van der Waals surface area contributed by atoms with Crippen molar-refractivity contribution in [2.24, 2.45) is 11.8 Å². The second kappa shape index (κ2) is 5.20. The van der Waals surface area contributed by atoms with Gasteiger partial charge in [0.15, 0.2) is 0 Å². The van der Waals surface area contributed by atoms with Gasteiger partial charge >= 0.3 is 5.97 Å². The van der Waals surface area contributed by atoms with Crippen molar-refractivity contribution in [3.63, 3.8) is 0 Å². The summed E-state index contributed by atoms with van der Waals surface area (Å²) in [7, 11) is 0. The number of thiophene rings is 1. The summed E-state index contributed by atoms with van der Waals surface area (Å²) >= 11 is 1.68. The van der Waals surface area contributed by atoms with Gasteiger partial charge in [-0.15, -0.1) is 11.3 Å². The minimum absolute atomic E-state index is 0.0278. The highest BCUT2D eigenvalue weighted by Gasteiger charge is 2.38. The Morgan fingerprint density at radius 1 is 1.30 bits per heavy atom. The molecule has 1 aromatic rings. The number of carbonyl (C=O) groups excluding carboxylic acids is 1. The predicted octanol–water partition coefficient (Wildman–Crippen LogP) is 2.42. The van der Waals surface area contributed by atoms with E-state index in [0.717, 1.165) is 24.8 Å².